The average molecular weight is 554 g/mol. The minimum Gasteiger partial charge on any atom is -0.504 e. The van der Waals surface area contributed by atoms with Crippen molar-refractivity contribution in [2.75, 3.05) is 38.2 Å². The van der Waals surface area contributed by atoms with Crippen molar-refractivity contribution in [1.29, 1.82) is 0 Å². The maximum absolute atomic E-state index is 13.4. The lowest BCUT2D eigenvalue weighted by Crippen LogP contribution is -2.50. The van der Waals surface area contributed by atoms with E-state index in [2.05, 4.69) is 16.7 Å². The third-order valence-electron chi connectivity index (χ3n) is 7.63. The maximum atomic E-state index is 13.4. The number of alkyl halides is 3. The van der Waals surface area contributed by atoms with Crippen LogP contribution in [0, 0.1) is 0 Å². The van der Waals surface area contributed by atoms with Gasteiger partial charge >= 0.3 is 6.18 Å². The van der Waals surface area contributed by atoms with Gasteiger partial charge in [0.2, 0.25) is 0 Å². The zero-order valence-electron chi connectivity index (χ0n) is 22.2. The van der Waals surface area contributed by atoms with E-state index < -0.39 is 23.6 Å². The molecule has 0 spiro atoms. The number of anilines is 1. The summed E-state index contributed by atoms with van der Waals surface area (Å²) in [5.74, 6) is -0.459. The van der Waals surface area contributed by atoms with Crippen LogP contribution in [0.2, 0.25) is 0 Å². The molecule has 0 radical (unpaired) electrons. The summed E-state index contributed by atoms with van der Waals surface area (Å²) >= 11 is 0. The van der Waals surface area contributed by atoms with E-state index in [1.54, 1.807) is 18.2 Å². The first-order chi connectivity index (χ1) is 19.1. The summed E-state index contributed by atoms with van der Waals surface area (Å²) in [5, 5.41) is 9.86. The van der Waals surface area contributed by atoms with Crippen molar-refractivity contribution in [2.45, 2.75) is 32.1 Å². The number of benzene rings is 3. The Bertz CT molecular complexity index is 1430. The second kappa shape index (κ2) is 10.8. The zero-order valence-corrected chi connectivity index (χ0v) is 22.2. The molecule has 2 amide bonds. The fourth-order valence-electron chi connectivity index (χ4n) is 5.47. The van der Waals surface area contributed by atoms with Crippen molar-refractivity contribution in [1.82, 2.24) is 9.80 Å². The minimum absolute atomic E-state index is 0.101. The van der Waals surface area contributed by atoms with Gasteiger partial charge in [0.25, 0.3) is 11.8 Å². The third kappa shape index (κ3) is 5.36. The molecule has 1 N–H and O–H groups in total. The van der Waals surface area contributed by atoms with Crippen LogP contribution in [0.3, 0.4) is 0 Å². The van der Waals surface area contributed by atoms with E-state index in [4.69, 9.17) is 4.74 Å². The van der Waals surface area contributed by atoms with Crippen molar-refractivity contribution >= 4 is 17.5 Å². The van der Waals surface area contributed by atoms with Gasteiger partial charge < -0.3 is 14.7 Å². The van der Waals surface area contributed by atoms with Gasteiger partial charge in [-0.05, 0) is 60.9 Å². The Labute approximate surface area is 230 Å². The van der Waals surface area contributed by atoms with Crippen LogP contribution in [-0.4, -0.2) is 66.1 Å². The number of methoxy groups -OCH3 is 1. The number of aromatic hydroxyl groups is 1. The predicted octanol–water partition coefficient (Wildman–Crippen LogP) is 4.97. The number of fused-ring (bicyclic) bond motifs is 1. The number of phenols is 1. The van der Waals surface area contributed by atoms with Crippen LogP contribution in [0.5, 0.6) is 11.5 Å². The number of amides is 2. The first kappa shape index (κ1) is 27.5. The molecule has 0 aliphatic carbocycles. The van der Waals surface area contributed by atoms with Gasteiger partial charge in [-0.3, -0.25) is 19.4 Å². The molecule has 10 heteroatoms. The maximum Gasteiger partial charge on any atom is 0.416 e. The van der Waals surface area contributed by atoms with Crippen LogP contribution in [-0.2, 0) is 19.1 Å². The van der Waals surface area contributed by atoms with E-state index in [0.29, 0.717) is 30.1 Å². The number of piperazine rings is 1. The first-order valence-electron chi connectivity index (χ1n) is 13.1. The highest BCUT2D eigenvalue weighted by atomic mass is 19.4. The van der Waals surface area contributed by atoms with Gasteiger partial charge in [-0.25, -0.2) is 0 Å². The highest BCUT2D eigenvalue weighted by molar-refractivity contribution is 6.23. The molecule has 0 aromatic heterocycles. The van der Waals surface area contributed by atoms with Gasteiger partial charge in [-0.2, -0.15) is 13.2 Å². The number of halogens is 3. The molecule has 2 aliphatic rings. The molecule has 1 atom stereocenters. The van der Waals surface area contributed by atoms with Crippen LogP contribution < -0.4 is 9.64 Å². The minimum atomic E-state index is -4.51. The van der Waals surface area contributed by atoms with Crippen molar-refractivity contribution in [2.24, 2.45) is 0 Å². The van der Waals surface area contributed by atoms with Crippen LogP contribution in [0.15, 0.2) is 60.7 Å². The van der Waals surface area contributed by atoms with Gasteiger partial charge in [-0.1, -0.05) is 24.3 Å². The highest BCUT2D eigenvalue weighted by Crippen LogP contribution is 2.35. The molecule has 0 unspecified atom stereocenters. The van der Waals surface area contributed by atoms with E-state index in [1.807, 2.05) is 18.2 Å². The molecular formula is C30H30F3N3O4. The largest absolute Gasteiger partial charge is 0.504 e. The van der Waals surface area contributed by atoms with E-state index >= 15 is 0 Å². The lowest BCUT2D eigenvalue weighted by molar-refractivity contribution is -0.137. The molecule has 0 saturated carbocycles. The topological polar surface area (TPSA) is 73.3 Å². The Morgan fingerprint density at radius 2 is 1.65 bits per heavy atom. The Hall–Kier alpha value is -4.05. The molecule has 3 aromatic carbocycles. The molecule has 40 heavy (non-hydrogen) atoms. The lowest BCUT2D eigenvalue weighted by atomic mass is 10.0. The number of ether oxygens (including phenoxy) is 1. The van der Waals surface area contributed by atoms with Crippen molar-refractivity contribution < 1.29 is 32.6 Å². The molecular weight excluding hydrogens is 523 g/mol. The van der Waals surface area contributed by atoms with Gasteiger partial charge in [0.15, 0.2) is 11.5 Å². The fraction of sp³-hybridized carbons (Fsp3) is 0.333. The number of phenolic OH excluding ortho intramolecular Hbond substituents is 1. The molecule has 2 aliphatic heterocycles. The molecule has 1 saturated heterocycles. The number of hydrogen-bond acceptors (Lipinski definition) is 6. The van der Waals surface area contributed by atoms with Crippen LogP contribution in [0.4, 0.5) is 18.9 Å². The molecule has 7 nitrogen and oxygen atoms in total. The van der Waals surface area contributed by atoms with Gasteiger partial charge in [0.1, 0.15) is 0 Å². The van der Waals surface area contributed by atoms with Crippen molar-refractivity contribution in [3.8, 4) is 11.5 Å². The summed E-state index contributed by atoms with van der Waals surface area (Å²) in [6, 6.07) is 15.4. The average Bonchev–Trinajstić information content (AvgIpc) is 3.18. The monoisotopic (exact) mass is 553 g/mol. The summed E-state index contributed by atoms with van der Waals surface area (Å²) < 4.78 is 44.7. The van der Waals surface area contributed by atoms with Crippen molar-refractivity contribution in [3.05, 3.63) is 88.5 Å². The summed E-state index contributed by atoms with van der Waals surface area (Å²) in [4.78, 5) is 32.0. The lowest BCUT2D eigenvalue weighted by Gasteiger charge is -2.39. The number of hydrogen-bond donors (Lipinski definition) is 1. The second-order valence-electron chi connectivity index (χ2n) is 10.2. The smallest absolute Gasteiger partial charge is 0.416 e. The quantitative estimate of drug-likeness (QED) is 0.417. The first-order valence-corrected chi connectivity index (χ1v) is 13.1. The second-order valence-corrected chi connectivity index (χ2v) is 10.2. The van der Waals surface area contributed by atoms with E-state index in [0.717, 1.165) is 42.1 Å². The zero-order chi connectivity index (χ0) is 28.6. The Kier molecular flexibility index (Phi) is 7.46. The Morgan fingerprint density at radius 3 is 2.35 bits per heavy atom. The molecule has 0 bridgehead atoms. The number of nitrogens with zero attached hydrogens (tertiary/aromatic N) is 3. The molecule has 3 aromatic rings. The fourth-order valence-corrected chi connectivity index (χ4v) is 5.47. The molecule has 5 rings (SSSR count). The normalized spacial score (nSPS) is 16.8. The number of imide groups is 1. The summed E-state index contributed by atoms with van der Waals surface area (Å²) in [6.07, 6.45) is -3.74. The van der Waals surface area contributed by atoms with E-state index in [1.165, 1.54) is 19.2 Å². The molecule has 2 heterocycles. The number of rotatable bonds is 7. The molecule has 1 fully saturated rings. The van der Waals surface area contributed by atoms with Gasteiger partial charge in [-0.15, -0.1) is 0 Å². The summed E-state index contributed by atoms with van der Waals surface area (Å²) in [6.45, 7) is 4.70. The molecule has 210 valence electrons. The van der Waals surface area contributed by atoms with Crippen molar-refractivity contribution in [3.63, 3.8) is 0 Å². The van der Waals surface area contributed by atoms with Gasteiger partial charge in [0.05, 0.1) is 36.0 Å². The number of carbonyl (C=O) groups is 2. The standard InChI is InChI=1S/C30H30F3N3O4/c1-19(15-20-9-10-25(37)26(17-20)40-2)34-11-13-35(14-12-34)24-8-4-7-23-27(24)29(39)36(28(23)38)18-21-5-3-6-22(16-21)30(31,32)33/h3-10,16-17,19,37H,11-15,18H2,1-2H3/t19-/m1/s1. The van der Waals surface area contributed by atoms with Crippen LogP contribution in [0.25, 0.3) is 0 Å². The highest BCUT2D eigenvalue weighted by Gasteiger charge is 2.39. The predicted molar refractivity (Wildman–Crippen MR) is 144 cm³/mol. The summed E-state index contributed by atoms with van der Waals surface area (Å²) in [7, 11) is 1.52. The summed E-state index contributed by atoms with van der Waals surface area (Å²) in [5.41, 5.74) is 1.70. The van der Waals surface area contributed by atoms with Crippen LogP contribution in [0.1, 0.15) is 44.3 Å². The van der Waals surface area contributed by atoms with E-state index in [9.17, 15) is 27.9 Å². The van der Waals surface area contributed by atoms with Crippen LogP contribution >= 0.6 is 0 Å². The SMILES string of the molecule is COc1cc(C[C@@H](C)N2CCN(c3cccc4c3C(=O)N(Cc3cccc(C(F)(F)F)c3)C4=O)CC2)ccc1O. The number of carbonyl (C=O) groups excluding carboxylic acids is 2. The Morgan fingerprint density at radius 1 is 0.925 bits per heavy atom. The third-order valence-corrected chi connectivity index (χ3v) is 7.63. The van der Waals surface area contributed by atoms with E-state index in [-0.39, 0.29) is 29.5 Å². The Balaban J connectivity index is 1.27. The van der Waals surface area contributed by atoms with Gasteiger partial charge in [0, 0.05) is 32.2 Å².